The average molecular weight is 274 g/mol. The third kappa shape index (κ3) is 7.91. The number of esters is 3. The summed E-state index contributed by atoms with van der Waals surface area (Å²) in [6, 6.07) is 0. The van der Waals surface area contributed by atoms with Gasteiger partial charge in [-0.1, -0.05) is 0 Å². The summed E-state index contributed by atoms with van der Waals surface area (Å²) < 4.78 is 14.1. The lowest BCUT2D eigenvalue weighted by atomic mass is 10.2. The van der Waals surface area contributed by atoms with Crippen LogP contribution in [0, 0.1) is 0 Å². The van der Waals surface area contributed by atoms with Gasteiger partial charge in [0, 0.05) is 0 Å². The van der Waals surface area contributed by atoms with Crippen LogP contribution in [-0.4, -0.2) is 43.0 Å². The maximum Gasteiger partial charge on any atom is 0.348 e. The van der Waals surface area contributed by atoms with Crippen molar-refractivity contribution >= 4 is 23.7 Å². The number of carbonyl (C=O) groups is 4. The summed E-state index contributed by atoms with van der Waals surface area (Å²) in [6.45, 7) is 4.64. The molecule has 0 radical (unpaired) electrons. The highest BCUT2D eigenvalue weighted by molar-refractivity contribution is 5.95. The van der Waals surface area contributed by atoms with Gasteiger partial charge in [-0.25, -0.2) is 4.79 Å². The molecule has 0 aromatic rings. The van der Waals surface area contributed by atoms with E-state index in [1.54, 1.807) is 13.8 Å². The number of carbonyl (C=O) groups excluding carboxylic acids is 4. The van der Waals surface area contributed by atoms with Crippen LogP contribution in [0.3, 0.4) is 0 Å². The number of rotatable bonds is 8. The SMILES string of the molecule is CCOC(=O)C[C@H](OC(=O)CC(C)=O)C(=O)OCC. The topological polar surface area (TPSA) is 96.0 Å². The van der Waals surface area contributed by atoms with Gasteiger partial charge in [0.05, 0.1) is 19.6 Å². The van der Waals surface area contributed by atoms with Gasteiger partial charge in [-0.15, -0.1) is 0 Å². The molecule has 0 saturated carbocycles. The molecular formula is C12H18O7. The van der Waals surface area contributed by atoms with Crippen molar-refractivity contribution < 1.29 is 33.4 Å². The largest absolute Gasteiger partial charge is 0.466 e. The number of ether oxygens (including phenoxy) is 3. The smallest absolute Gasteiger partial charge is 0.348 e. The Balaban J connectivity index is 4.57. The summed E-state index contributed by atoms with van der Waals surface area (Å²) in [5, 5.41) is 0. The minimum absolute atomic E-state index is 0.0857. The molecule has 7 nitrogen and oxygen atoms in total. The molecule has 0 heterocycles. The monoisotopic (exact) mass is 274 g/mol. The van der Waals surface area contributed by atoms with Gasteiger partial charge in [-0.3, -0.25) is 14.4 Å². The molecule has 0 aromatic carbocycles. The third-order valence-electron chi connectivity index (χ3n) is 1.87. The first-order valence-electron chi connectivity index (χ1n) is 5.91. The van der Waals surface area contributed by atoms with Gasteiger partial charge in [0.2, 0.25) is 6.10 Å². The van der Waals surface area contributed by atoms with E-state index in [4.69, 9.17) is 4.74 Å². The van der Waals surface area contributed by atoms with E-state index >= 15 is 0 Å². The summed E-state index contributed by atoms with van der Waals surface area (Å²) in [5.41, 5.74) is 0. The zero-order valence-electron chi connectivity index (χ0n) is 11.3. The lowest BCUT2D eigenvalue weighted by Gasteiger charge is -2.15. The van der Waals surface area contributed by atoms with Crippen molar-refractivity contribution in [3.63, 3.8) is 0 Å². The van der Waals surface area contributed by atoms with Gasteiger partial charge in [0.15, 0.2) is 0 Å². The second-order valence-electron chi connectivity index (χ2n) is 3.62. The summed E-state index contributed by atoms with van der Waals surface area (Å²) >= 11 is 0. The molecule has 7 heteroatoms. The second-order valence-corrected chi connectivity index (χ2v) is 3.62. The molecule has 0 aromatic heterocycles. The van der Waals surface area contributed by atoms with Crippen LogP contribution < -0.4 is 0 Å². The molecule has 0 amide bonds. The van der Waals surface area contributed by atoms with E-state index < -0.39 is 42.6 Å². The van der Waals surface area contributed by atoms with E-state index in [1.165, 1.54) is 6.92 Å². The van der Waals surface area contributed by atoms with E-state index in [0.717, 1.165) is 0 Å². The van der Waals surface area contributed by atoms with Crippen LogP contribution in [0.2, 0.25) is 0 Å². The Morgan fingerprint density at radius 1 is 0.947 bits per heavy atom. The van der Waals surface area contributed by atoms with Crippen molar-refractivity contribution in [2.75, 3.05) is 13.2 Å². The van der Waals surface area contributed by atoms with Crippen molar-refractivity contribution in [2.45, 2.75) is 39.7 Å². The Morgan fingerprint density at radius 3 is 2.00 bits per heavy atom. The molecule has 108 valence electrons. The molecule has 0 unspecified atom stereocenters. The Labute approximate surface area is 111 Å². The quantitative estimate of drug-likeness (QED) is 0.359. The first-order valence-corrected chi connectivity index (χ1v) is 5.91. The number of hydrogen-bond donors (Lipinski definition) is 0. The molecule has 0 N–H and O–H groups in total. The maximum atomic E-state index is 11.5. The fourth-order valence-corrected chi connectivity index (χ4v) is 1.18. The maximum absolute atomic E-state index is 11.5. The van der Waals surface area contributed by atoms with E-state index in [0.29, 0.717) is 0 Å². The highest BCUT2D eigenvalue weighted by atomic mass is 16.6. The molecular weight excluding hydrogens is 256 g/mol. The third-order valence-corrected chi connectivity index (χ3v) is 1.87. The molecule has 0 aliphatic rings. The molecule has 19 heavy (non-hydrogen) atoms. The lowest BCUT2D eigenvalue weighted by Crippen LogP contribution is -2.32. The normalized spacial score (nSPS) is 11.3. The van der Waals surface area contributed by atoms with Gasteiger partial charge in [0.25, 0.3) is 0 Å². The molecule has 0 aliphatic heterocycles. The van der Waals surface area contributed by atoms with Crippen LogP contribution in [-0.2, 0) is 33.4 Å². The average Bonchev–Trinajstić information content (AvgIpc) is 2.27. The second kappa shape index (κ2) is 9.07. The number of hydrogen-bond acceptors (Lipinski definition) is 7. The van der Waals surface area contributed by atoms with Crippen LogP contribution in [0.4, 0.5) is 0 Å². The van der Waals surface area contributed by atoms with E-state index in [2.05, 4.69) is 9.47 Å². The lowest BCUT2D eigenvalue weighted by molar-refractivity contribution is -0.171. The molecule has 0 bridgehead atoms. The highest BCUT2D eigenvalue weighted by Crippen LogP contribution is 2.06. The standard InChI is InChI=1S/C12H18O7/c1-4-17-10(14)7-9(12(16)18-5-2)19-11(15)6-8(3)13/h9H,4-7H2,1-3H3/t9-/m0/s1. The van der Waals surface area contributed by atoms with Crippen molar-refractivity contribution in [1.29, 1.82) is 0 Å². The Hall–Kier alpha value is -1.92. The molecule has 0 spiro atoms. The van der Waals surface area contributed by atoms with Gasteiger partial charge >= 0.3 is 17.9 Å². The minimum atomic E-state index is -1.38. The predicted molar refractivity (Wildman–Crippen MR) is 63.1 cm³/mol. The molecule has 1 atom stereocenters. The van der Waals surface area contributed by atoms with Gasteiger partial charge in [0.1, 0.15) is 12.2 Å². The zero-order valence-corrected chi connectivity index (χ0v) is 11.3. The van der Waals surface area contributed by atoms with Crippen molar-refractivity contribution in [1.82, 2.24) is 0 Å². The van der Waals surface area contributed by atoms with E-state index in [9.17, 15) is 19.2 Å². The molecule has 0 rings (SSSR count). The first kappa shape index (κ1) is 17.1. The van der Waals surface area contributed by atoms with Crippen molar-refractivity contribution in [2.24, 2.45) is 0 Å². The van der Waals surface area contributed by atoms with Crippen LogP contribution in [0.25, 0.3) is 0 Å². The van der Waals surface area contributed by atoms with Crippen molar-refractivity contribution in [3.8, 4) is 0 Å². The summed E-state index contributed by atoms with van der Waals surface area (Å²) in [6.07, 6.45) is -2.28. The molecule has 0 aliphatic carbocycles. The number of ketones is 1. The summed E-state index contributed by atoms with van der Waals surface area (Å²) in [7, 11) is 0. The first-order chi connectivity index (χ1) is 8.90. The van der Waals surface area contributed by atoms with Crippen LogP contribution in [0.1, 0.15) is 33.6 Å². The van der Waals surface area contributed by atoms with Gasteiger partial charge in [-0.2, -0.15) is 0 Å². The van der Waals surface area contributed by atoms with Gasteiger partial charge < -0.3 is 14.2 Å². The van der Waals surface area contributed by atoms with Crippen LogP contribution >= 0.6 is 0 Å². The summed E-state index contributed by atoms with van der Waals surface area (Å²) in [5.74, 6) is -2.80. The Kier molecular flexibility index (Phi) is 8.15. The Morgan fingerprint density at radius 2 is 1.53 bits per heavy atom. The zero-order chi connectivity index (χ0) is 14.8. The number of Topliss-reactive ketones (excluding diaryl/α,β-unsaturated/α-hetero) is 1. The fraction of sp³-hybridized carbons (Fsp3) is 0.667. The van der Waals surface area contributed by atoms with Crippen LogP contribution in [0.5, 0.6) is 0 Å². The van der Waals surface area contributed by atoms with E-state index in [1.807, 2.05) is 0 Å². The van der Waals surface area contributed by atoms with Crippen molar-refractivity contribution in [3.05, 3.63) is 0 Å². The highest BCUT2D eigenvalue weighted by Gasteiger charge is 2.28. The van der Waals surface area contributed by atoms with Crippen LogP contribution in [0.15, 0.2) is 0 Å². The predicted octanol–water partition coefficient (Wildman–Crippen LogP) is 0.394. The molecule has 0 saturated heterocycles. The Bertz CT molecular complexity index is 348. The minimum Gasteiger partial charge on any atom is -0.466 e. The fourth-order valence-electron chi connectivity index (χ4n) is 1.18. The molecule has 0 fully saturated rings. The summed E-state index contributed by atoms with van der Waals surface area (Å²) in [4.78, 5) is 44.8. The van der Waals surface area contributed by atoms with E-state index in [-0.39, 0.29) is 13.2 Å². The van der Waals surface area contributed by atoms with Gasteiger partial charge in [-0.05, 0) is 20.8 Å².